The van der Waals surface area contributed by atoms with Gasteiger partial charge in [0.25, 0.3) is 5.69 Å². The van der Waals surface area contributed by atoms with Crippen molar-refractivity contribution in [3.63, 3.8) is 0 Å². The molecule has 0 amide bonds. The molecule has 2 aromatic rings. The Morgan fingerprint density at radius 3 is 2.17 bits per heavy atom. The van der Waals surface area contributed by atoms with E-state index in [0.29, 0.717) is 0 Å². The molecule has 1 aliphatic carbocycles. The molecule has 1 saturated heterocycles. The van der Waals surface area contributed by atoms with Gasteiger partial charge >= 0.3 is 0 Å². The summed E-state index contributed by atoms with van der Waals surface area (Å²) in [4.78, 5) is 10.6. The summed E-state index contributed by atoms with van der Waals surface area (Å²) < 4.78 is 0. The maximum absolute atomic E-state index is 10.9. The first kappa shape index (κ1) is 15.8. The molecule has 124 valence electrons. The van der Waals surface area contributed by atoms with Crippen molar-refractivity contribution in [2.75, 3.05) is 12.3 Å². The van der Waals surface area contributed by atoms with Crippen LogP contribution in [0.15, 0.2) is 54.6 Å². The van der Waals surface area contributed by atoms with Crippen LogP contribution in [0.2, 0.25) is 0 Å². The van der Waals surface area contributed by atoms with Crippen molar-refractivity contribution >= 4 is 18.3 Å². The molecule has 1 aliphatic heterocycles. The van der Waals surface area contributed by atoms with Crippen molar-refractivity contribution in [3.05, 3.63) is 70.3 Å². The van der Waals surface area contributed by atoms with Gasteiger partial charge in [-0.15, -0.1) is 0 Å². The average Bonchev–Trinajstić information content (AvgIpc) is 2.95. The Labute approximate surface area is 143 Å². The van der Waals surface area contributed by atoms with Crippen LogP contribution in [-0.2, 0) is 6.16 Å². The molecule has 0 radical (unpaired) electrons. The lowest BCUT2D eigenvalue weighted by atomic mass is 10.1. The molecule has 3 atom stereocenters. The van der Waals surface area contributed by atoms with Crippen molar-refractivity contribution < 1.29 is 4.92 Å². The molecule has 2 aliphatic rings. The summed E-state index contributed by atoms with van der Waals surface area (Å²) in [6.07, 6.45) is 8.06. The van der Waals surface area contributed by atoms with Crippen molar-refractivity contribution in [3.8, 4) is 0 Å². The normalized spacial score (nSPS) is 28.7. The Bertz CT molecular complexity index is 717. The van der Waals surface area contributed by atoms with E-state index in [1.165, 1.54) is 37.1 Å². The van der Waals surface area contributed by atoms with E-state index in [1.807, 2.05) is 12.1 Å². The van der Waals surface area contributed by atoms with E-state index in [2.05, 4.69) is 30.3 Å². The van der Waals surface area contributed by atoms with Crippen LogP contribution in [-0.4, -0.2) is 17.2 Å². The van der Waals surface area contributed by atoms with Crippen LogP contribution in [0.3, 0.4) is 0 Å². The van der Waals surface area contributed by atoms with Crippen molar-refractivity contribution in [1.82, 2.24) is 0 Å². The molecule has 2 aromatic carbocycles. The Morgan fingerprint density at radius 1 is 0.958 bits per heavy atom. The highest BCUT2D eigenvalue weighted by Gasteiger charge is 2.50. The fourth-order valence-electron chi connectivity index (χ4n) is 4.82. The number of nitro groups is 1. The predicted molar refractivity (Wildman–Crippen MR) is 100 cm³/mol. The number of non-ortho nitro benzene ring substituents is 1. The number of benzene rings is 2. The van der Waals surface area contributed by atoms with E-state index in [0.717, 1.165) is 18.0 Å². The van der Waals surface area contributed by atoms with Crippen LogP contribution >= 0.6 is 7.26 Å². The lowest BCUT2D eigenvalue weighted by molar-refractivity contribution is -0.384. The van der Waals surface area contributed by atoms with Crippen LogP contribution < -0.4 is 5.30 Å². The maximum atomic E-state index is 10.9. The molecule has 2 bridgehead atoms. The smallest absolute Gasteiger partial charge is 0.258 e. The summed E-state index contributed by atoms with van der Waals surface area (Å²) in [5, 5.41) is 12.4. The highest BCUT2D eigenvalue weighted by atomic mass is 31.2. The summed E-state index contributed by atoms with van der Waals surface area (Å²) in [6, 6.07) is 18.4. The van der Waals surface area contributed by atoms with Crippen molar-refractivity contribution in [2.45, 2.75) is 25.4 Å². The van der Waals surface area contributed by atoms with Gasteiger partial charge in [-0.1, -0.05) is 18.2 Å². The Morgan fingerprint density at radius 2 is 1.58 bits per heavy atom. The average molecular weight is 340 g/mol. The Hall–Kier alpha value is -1.73. The SMILES string of the molecule is O=[N+]([O-])c1ccc(C[P+]2(c3ccccc3)C[C@@H]3CC[C@@H](C3)C2)cc1. The molecule has 4 rings (SSSR count). The number of nitro benzene ring substituents is 1. The molecule has 4 heteroatoms. The predicted octanol–water partition coefficient (Wildman–Crippen LogP) is 4.87. The third kappa shape index (κ3) is 2.98. The fourth-order valence-corrected chi connectivity index (χ4v) is 10.2. The van der Waals surface area contributed by atoms with Gasteiger partial charge in [-0.3, -0.25) is 10.1 Å². The van der Waals surface area contributed by atoms with Gasteiger partial charge in [-0.2, -0.15) is 0 Å². The third-order valence-electron chi connectivity index (χ3n) is 5.80. The molecule has 0 aromatic heterocycles. The molecule has 1 unspecified atom stereocenters. The lowest BCUT2D eigenvalue weighted by Crippen LogP contribution is -2.28. The van der Waals surface area contributed by atoms with E-state index in [-0.39, 0.29) is 10.6 Å². The second-order valence-electron chi connectivity index (χ2n) is 7.47. The second kappa shape index (κ2) is 6.29. The molecule has 1 saturated carbocycles. The summed E-state index contributed by atoms with van der Waals surface area (Å²) >= 11 is 0. The highest BCUT2D eigenvalue weighted by Crippen LogP contribution is 2.68. The zero-order valence-corrected chi connectivity index (χ0v) is 14.7. The van der Waals surface area contributed by atoms with Gasteiger partial charge in [0, 0.05) is 12.1 Å². The van der Waals surface area contributed by atoms with Crippen LogP contribution in [0.4, 0.5) is 5.69 Å². The molecule has 1 heterocycles. The van der Waals surface area contributed by atoms with Crippen LogP contribution in [0.1, 0.15) is 24.8 Å². The highest BCUT2D eigenvalue weighted by molar-refractivity contribution is 7.82. The summed E-state index contributed by atoms with van der Waals surface area (Å²) in [5.74, 6) is 1.80. The van der Waals surface area contributed by atoms with Gasteiger partial charge in [0.2, 0.25) is 0 Å². The lowest BCUT2D eigenvalue weighted by Gasteiger charge is -2.35. The van der Waals surface area contributed by atoms with Gasteiger partial charge in [-0.25, -0.2) is 0 Å². The molecule has 3 nitrogen and oxygen atoms in total. The van der Waals surface area contributed by atoms with Gasteiger partial charge < -0.3 is 0 Å². The monoisotopic (exact) mass is 340 g/mol. The number of hydrogen-bond acceptors (Lipinski definition) is 2. The van der Waals surface area contributed by atoms with Gasteiger partial charge in [0.15, 0.2) is 0 Å². The topological polar surface area (TPSA) is 43.1 Å². The largest absolute Gasteiger partial charge is 0.269 e. The number of nitrogens with zero attached hydrogens (tertiary/aromatic N) is 1. The van der Waals surface area contributed by atoms with Crippen molar-refractivity contribution in [2.24, 2.45) is 11.8 Å². The number of fused-ring (bicyclic) bond motifs is 2. The van der Waals surface area contributed by atoms with E-state index in [9.17, 15) is 10.1 Å². The fraction of sp³-hybridized carbons (Fsp3) is 0.400. The standard InChI is InChI=1S/C20H23NO2P/c22-21(23)19-10-8-16(9-11-19)13-24(20-4-2-1-3-5-20)14-17-6-7-18(12-17)15-24/h1-5,8-11,17-18H,6-7,12-15H2/q+1/t17-,18+,24?. The summed E-state index contributed by atoms with van der Waals surface area (Å²) in [7, 11) is -1.22. The maximum Gasteiger partial charge on any atom is 0.269 e. The van der Waals surface area contributed by atoms with Gasteiger partial charge in [0.1, 0.15) is 0 Å². The first-order chi connectivity index (χ1) is 11.6. The van der Waals surface area contributed by atoms with Crippen LogP contribution in [0.25, 0.3) is 0 Å². The number of hydrogen-bond donors (Lipinski definition) is 0. The van der Waals surface area contributed by atoms with E-state index < -0.39 is 7.26 Å². The molecule has 2 fully saturated rings. The zero-order valence-electron chi connectivity index (χ0n) is 13.8. The third-order valence-corrected chi connectivity index (χ3v) is 10.6. The van der Waals surface area contributed by atoms with E-state index >= 15 is 0 Å². The van der Waals surface area contributed by atoms with Crippen molar-refractivity contribution in [1.29, 1.82) is 0 Å². The Kier molecular flexibility index (Phi) is 4.14. The van der Waals surface area contributed by atoms with Crippen LogP contribution in [0.5, 0.6) is 0 Å². The molecule has 24 heavy (non-hydrogen) atoms. The first-order valence-electron chi connectivity index (χ1n) is 8.80. The first-order valence-corrected chi connectivity index (χ1v) is 11.1. The van der Waals surface area contributed by atoms with Crippen LogP contribution in [0, 0.1) is 22.0 Å². The quantitative estimate of drug-likeness (QED) is 0.453. The summed E-state index contributed by atoms with van der Waals surface area (Å²) in [5.41, 5.74) is 1.45. The minimum atomic E-state index is -1.22. The Balaban J connectivity index is 1.67. The van der Waals surface area contributed by atoms with E-state index in [4.69, 9.17) is 0 Å². The molecular formula is C20H23NO2P+. The second-order valence-corrected chi connectivity index (χ2v) is 11.3. The van der Waals surface area contributed by atoms with Gasteiger partial charge in [-0.05, 0) is 60.9 Å². The molecular weight excluding hydrogens is 317 g/mol. The minimum absolute atomic E-state index is 0.189. The van der Waals surface area contributed by atoms with E-state index in [1.54, 1.807) is 17.4 Å². The van der Waals surface area contributed by atoms with Gasteiger partial charge in [0.05, 0.1) is 36.0 Å². The molecule has 0 spiro atoms. The minimum Gasteiger partial charge on any atom is -0.258 e. The molecule has 0 N–H and O–H groups in total. The zero-order chi connectivity index (χ0) is 16.6. The number of rotatable bonds is 4. The summed E-state index contributed by atoms with van der Waals surface area (Å²) in [6.45, 7) is 0.